The van der Waals surface area contributed by atoms with Crippen molar-refractivity contribution >= 4 is 0 Å². The molecular weight excluding hydrogens is 177 g/mol. The van der Waals surface area contributed by atoms with Crippen LogP contribution >= 0.6 is 0 Å². The van der Waals surface area contributed by atoms with Gasteiger partial charge in [0.15, 0.2) is 0 Å². The van der Waals surface area contributed by atoms with E-state index in [1.54, 1.807) is 0 Å². The molecule has 2 atom stereocenters. The van der Waals surface area contributed by atoms with Gasteiger partial charge < -0.3 is 5.32 Å². The van der Waals surface area contributed by atoms with Crippen LogP contribution in [0.1, 0.15) is 51.4 Å². The van der Waals surface area contributed by atoms with E-state index < -0.39 is 6.17 Å². The van der Waals surface area contributed by atoms with Crippen LogP contribution in [-0.4, -0.2) is 18.8 Å². The molecule has 0 aromatic carbocycles. The van der Waals surface area contributed by atoms with Crippen molar-refractivity contribution in [2.24, 2.45) is 5.92 Å². The Bertz CT molecular complexity index is 160. The van der Waals surface area contributed by atoms with Crippen LogP contribution in [0, 0.1) is 5.92 Å². The normalized spacial score (nSPS) is 31.9. The Morgan fingerprint density at radius 3 is 2.43 bits per heavy atom. The lowest BCUT2D eigenvalue weighted by atomic mass is 9.92. The van der Waals surface area contributed by atoms with Crippen molar-refractivity contribution in [3.8, 4) is 0 Å². The van der Waals surface area contributed by atoms with E-state index in [0.29, 0.717) is 12.0 Å². The smallest absolute Gasteiger partial charge is 0.104 e. The van der Waals surface area contributed by atoms with E-state index in [4.69, 9.17) is 0 Å². The molecule has 2 fully saturated rings. The van der Waals surface area contributed by atoms with Crippen molar-refractivity contribution in [3.63, 3.8) is 0 Å². The quantitative estimate of drug-likeness (QED) is 0.736. The summed E-state index contributed by atoms with van der Waals surface area (Å²) in [5, 5.41) is 3.43. The molecule has 0 spiro atoms. The van der Waals surface area contributed by atoms with Crippen LogP contribution in [0.3, 0.4) is 0 Å². The lowest BCUT2D eigenvalue weighted by molar-refractivity contribution is 0.186. The van der Waals surface area contributed by atoms with E-state index in [1.807, 2.05) is 0 Å². The van der Waals surface area contributed by atoms with Crippen molar-refractivity contribution in [2.75, 3.05) is 6.54 Å². The second-order valence-electron chi connectivity index (χ2n) is 4.94. The highest BCUT2D eigenvalue weighted by Gasteiger charge is 2.27. The number of hydrogen-bond donors (Lipinski definition) is 1. The minimum Gasteiger partial charge on any atom is -0.314 e. The zero-order valence-electron chi connectivity index (χ0n) is 8.97. The van der Waals surface area contributed by atoms with E-state index in [9.17, 15) is 4.39 Å². The number of alkyl halides is 1. The van der Waals surface area contributed by atoms with Crippen LogP contribution in [0.5, 0.6) is 0 Å². The topological polar surface area (TPSA) is 12.0 Å². The molecule has 0 radical (unpaired) electrons. The Balaban J connectivity index is 1.72. The molecule has 2 aliphatic rings. The summed E-state index contributed by atoms with van der Waals surface area (Å²) in [4.78, 5) is 0. The fourth-order valence-corrected chi connectivity index (χ4v) is 2.91. The maximum atomic E-state index is 13.9. The van der Waals surface area contributed by atoms with Gasteiger partial charge in [-0.1, -0.05) is 19.3 Å². The first-order valence-corrected chi connectivity index (χ1v) is 6.24. The van der Waals surface area contributed by atoms with Crippen LogP contribution in [0.4, 0.5) is 4.39 Å². The summed E-state index contributed by atoms with van der Waals surface area (Å²) < 4.78 is 13.9. The molecule has 0 aromatic rings. The van der Waals surface area contributed by atoms with Crippen LogP contribution in [-0.2, 0) is 0 Å². The van der Waals surface area contributed by atoms with Crippen LogP contribution in [0.2, 0.25) is 0 Å². The molecule has 1 saturated heterocycles. The van der Waals surface area contributed by atoms with E-state index in [0.717, 1.165) is 25.8 Å². The molecule has 2 heteroatoms. The lowest BCUT2D eigenvalue weighted by Gasteiger charge is -2.26. The van der Waals surface area contributed by atoms with Crippen LogP contribution in [0.25, 0.3) is 0 Å². The first-order chi connectivity index (χ1) is 6.86. The monoisotopic (exact) mass is 199 g/mol. The number of rotatable bonds is 3. The fourth-order valence-electron chi connectivity index (χ4n) is 2.91. The Kier molecular flexibility index (Phi) is 3.80. The molecule has 0 bridgehead atoms. The van der Waals surface area contributed by atoms with E-state index >= 15 is 0 Å². The summed E-state index contributed by atoms with van der Waals surface area (Å²) in [5.74, 6) is 0.388. The number of piperidine rings is 1. The van der Waals surface area contributed by atoms with Gasteiger partial charge in [0, 0.05) is 6.04 Å². The van der Waals surface area contributed by atoms with Crippen molar-refractivity contribution in [2.45, 2.75) is 63.6 Å². The molecule has 2 unspecified atom stereocenters. The standard InChI is InChI=1S/C12H22FN/c13-12(10-5-1-2-6-10)9-11-7-3-4-8-14-11/h10-12,14H,1-9H2. The highest BCUT2D eigenvalue weighted by Crippen LogP contribution is 2.32. The Morgan fingerprint density at radius 1 is 1.07 bits per heavy atom. The highest BCUT2D eigenvalue weighted by atomic mass is 19.1. The van der Waals surface area contributed by atoms with Crippen molar-refractivity contribution in [1.29, 1.82) is 0 Å². The van der Waals surface area contributed by atoms with Crippen LogP contribution < -0.4 is 5.32 Å². The summed E-state index contributed by atoms with van der Waals surface area (Å²) in [6, 6.07) is 0.472. The van der Waals surface area contributed by atoms with Crippen molar-refractivity contribution in [3.05, 3.63) is 0 Å². The maximum absolute atomic E-state index is 13.9. The van der Waals surface area contributed by atoms with E-state index in [1.165, 1.54) is 32.1 Å². The summed E-state index contributed by atoms with van der Waals surface area (Å²) in [6.07, 6.45) is 8.76. The third-order valence-corrected chi connectivity index (χ3v) is 3.83. The molecule has 0 amide bonds. The van der Waals surface area contributed by atoms with Gasteiger partial charge in [0.1, 0.15) is 6.17 Å². The zero-order chi connectivity index (χ0) is 9.80. The SMILES string of the molecule is FC(CC1CCCCN1)C1CCCC1. The van der Waals surface area contributed by atoms with Gasteiger partial charge in [0.25, 0.3) is 0 Å². The highest BCUT2D eigenvalue weighted by molar-refractivity contribution is 4.81. The number of nitrogens with one attached hydrogen (secondary N) is 1. The largest absolute Gasteiger partial charge is 0.314 e. The van der Waals surface area contributed by atoms with E-state index in [2.05, 4.69) is 5.32 Å². The molecule has 0 aromatic heterocycles. The van der Waals surface area contributed by atoms with Crippen LogP contribution in [0.15, 0.2) is 0 Å². The van der Waals surface area contributed by atoms with Gasteiger partial charge in [0.05, 0.1) is 0 Å². The Labute approximate surface area is 86.5 Å². The van der Waals surface area contributed by atoms with Crippen molar-refractivity contribution < 1.29 is 4.39 Å². The zero-order valence-corrected chi connectivity index (χ0v) is 8.97. The predicted molar refractivity (Wildman–Crippen MR) is 57.1 cm³/mol. The predicted octanol–water partition coefficient (Wildman–Crippen LogP) is 3.05. The molecule has 2 rings (SSSR count). The molecule has 1 N–H and O–H groups in total. The minimum atomic E-state index is -0.534. The summed E-state index contributed by atoms with van der Waals surface area (Å²) in [5.41, 5.74) is 0. The average Bonchev–Trinajstić information content (AvgIpc) is 2.72. The van der Waals surface area contributed by atoms with Gasteiger partial charge in [-0.2, -0.15) is 0 Å². The molecule has 1 nitrogen and oxygen atoms in total. The van der Waals surface area contributed by atoms with Gasteiger partial charge in [-0.25, -0.2) is 4.39 Å². The first kappa shape index (κ1) is 10.4. The molecule has 1 aliphatic carbocycles. The second-order valence-corrected chi connectivity index (χ2v) is 4.94. The molecule has 82 valence electrons. The van der Waals surface area contributed by atoms with Gasteiger partial charge in [0.2, 0.25) is 0 Å². The maximum Gasteiger partial charge on any atom is 0.104 e. The van der Waals surface area contributed by atoms with E-state index in [-0.39, 0.29) is 0 Å². The van der Waals surface area contributed by atoms with Gasteiger partial charge in [-0.15, -0.1) is 0 Å². The third-order valence-electron chi connectivity index (χ3n) is 3.83. The second kappa shape index (κ2) is 5.11. The third kappa shape index (κ3) is 2.69. The first-order valence-electron chi connectivity index (χ1n) is 6.24. The lowest BCUT2D eigenvalue weighted by Crippen LogP contribution is -2.37. The van der Waals surface area contributed by atoms with Gasteiger partial charge in [-0.3, -0.25) is 0 Å². The molecule has 1 aliphatic heterocycles. The van der Waals surface area contributed by atoms with Gasteiger partial charge >= 0.3 is 0 Å². The number of hydrogen-bond acceptors (Lipinski definition) is 1. The molecule has 1 heterocycles. The van der Waals surface area contributed by atoms with Crippen molar-refractivity contribution in [1.82, 2.24) is 5.32 Å². The Hall–Kier alpha value is -0.110. The average molecular weight is 199 g/mol. The molecular formula is C12H22FN. The fraction of sp³-hybridized carbons (Fsp3) is 1.00. The Morgan fingerprint density at radius 2 is 1.79 bits per heavy atom. The number of halogens is 1. The van der Waals surface area contributed by atoms with Gasteiger partial charge in [-0.05, 0) is 44.6 Å². The summed E-state index contributed by atoms with van der Waals surface area (Å²) in [7, 11) is 0. The molecule has 1 saturated carbocycles. The summed E-state index contributed by atoms with van der Waals surface area (Å²) in [6.45, 7) is 1.10. The minimum absolute atomic E-state index is 0.388. The summed E-state index contributed by atoms with van der Waals surface area (Å²) >= 11 is 0. The molecule has 14 heavy (non-hydrogen) atoms.